The zero-order chi connectivity index (χ0) is 13.1. The molecule has 6 heteroatoms. The zero-order valence-corrected chi connectivity index (χ0v) is 11.6. The molecule has 1 N–H and O–H groups in total. The van der Waals surface area contributed by atoms with E-state index in [1.54, 1.807) is 13.1 Å². The fourth-order valence-electron chi connectivity index (χ4n) is 2.26. The minimum Gasteiger partial charge on any atom is -0.358 e. The number of hydrogen-bond acceptors (Lipinski definition) is 3. The summed E-state index contributed by atoms with van der Waals surface area (Å²) in [6.07, 6.45) is 1.91. The van der Waals surface area contributed by atoms with Crippen LogP contribution in [0.25, 0.3) is 0 Å². The number of hydrogen-bond donors (Lipinski definition) is 1. The molecule has 2 rings (SSSR count). The first kappa shape index (κ1) is 13.6. The summed E-state index contributed by atoms with van der Waals surface area (Å²) < 4.78 is 0. The lowest BCUT2D eigenvalue weighted by molar-refractivity contribution is -0.125. The number of rotatable bonds is 3. The van der Waals surface area contributed by atoms with Crippen LogP contribution in [0, 0.1) is 0 Å². The molecule has 98 valence electrons. The molecule has 1 unspecified atom stereocenters. The van der Waals surface area contributed by atoms with Crippen molar-refractivity contribution in [2.45, 2.75) is 25.4 Å². The van der Waals surface area contributed by atoms with Gasteiger partial charge in [-0.05, 0) is 25.5 Å². The Hall–Kier alpha value is -0.840. The van der Waals surface area contributed by atoms with Crippen LogP contribution >= 0.6 is 23.2 Å². The number of pyridine rings is 1. The first-order chi connectivity index (χ1) is 8.61. The number of carbonyl (C=O) groups excluding carboxylic acids is 1. The monoisotopic (exact) mass is 287 g/mol. The molecule has 0 bridgehead atoms. The molecule has 4 nitrogen and oxygen atoms in total. The molecule has 0 saturated carbocycles. The number of aromatic nitrogens is 1. The van der Waals surface area contributed by atoms with Gasteiger partial charge in [0, 0.05) is 19.2 Å². The lowest BCUT2D eigenvalue weighted by Gasteiger charge is -2.23. The van der Waals surface area contributed by atoms with Crippen LogP contribution < -0.4 is 5.32 Å². The molecule has 1 aliphatic rings. The molecular weight excluding hydrogens is 273 g/mol. The predicted octanol–water partition coefficient (Wildman–Crippen LogP) is 2.10. The molecule has 18 heavy (non-hydrogen) atoms. The second-order valence-electron chi connectivity index (χ2n) is 4.33. The third-order valence-corrected chi connectivity index (χ3v) is 3.72. The van der Waals surface area contributed by atoms with Gasteiger partial charge in [0.15, 0.2) is 0 Å². The van der Waals surface area contributed by atoms with Crippen molar-refractivity contribution in [1.82, 2.24) is 15.2 Å². The van der Waals surface area contributed by atoms with Crippen molar-refractivity contribution in [3.05, 3.63) is 28.0 Å². The van der Waals surface area contributed by atoms with E-state index in [1.807, 2.05) is 6.07 Å². The molecule has 1 atom stereocenters. The lowest BCUT2D eigenvalue weighted by atomic mass is 10.2. The highest BCUT2D eigenvalue weighted by molar-refractivity contribution is 6.32. The Balaban J connectivity index is 2.10. The molecule has 1 aromatic rings. The molecule has 2 heterocycles. The van der Waals surface area contributed by atoms with Crippen LogP contribution in [-0.2, 0) is 11.3 Å². The largest absolute Gasteiger partial charge is 0.358 e. The standard InChI is InChI=1S/C12H15Cl2N3O/c1-15-12(18)9-3-2-6-17(9)7-8-4-5-10(13)16-11(8)14/h4-5,9H,2-3,6-7H2,1H3,(H,15,18). The van der Waals surface area contributed by atoms with Crippen molar-refractivity contribution in [3.63, 3.8) is 0 Å². The third-order valence-electron chi connectivity index (χ3n) is 3.18. The Bertz CT molecular complexity index is 453. The van der Waals surface area contributed by atoms with E-state index >= 15 is 0 Å². The second kappa shape index (κ2) is 5.87. The first-order valence-electron chi connectivity index (χ1n) is 5.88. The van der Waals surface area contributed by atoms with Crippen LogP contribution in [0.15, 0.2) is 12.1 Å². The SMILES string of the molecule is CNC(=O)C1CCCN1Cc1ccc(Cl)nc1Cl. The average molecular weight is 288 g/mol. The molecule has 1 saturated heterocycles. The predicted molar refractivity (Wildman–Crippen MR) is 71.8 cm³/mol. The lowest BCUT2D eigenvalue weighted by Crippen LogP contribution is -2.41. The van der Waals surface area contributed by atoms with Crippen LogP contribution in [0.4, 0.5) is 0 Å². The van der Waals surface area contributed by atoms with Gasteiger partial charge in [-0.1, -0.05) is 29.3 Å². The summed E-state index contributed by atoms with van der Waals surface area (Å²) in [6, 6.07) is 3.51. The van der Waals surface area contributed by atoms with Crippen LogP contribution in [0.1, 0.15) is 18.4 Å². The first-order valence-corrected chi connectivity index (χ1v) is 6.64. The normalized spacial score (nSPS) is 20.1. The fraction of sp³-hybridized carbons (Fsp3) is 0.500. The summed E-state index contributed by atoms with van der Waals surface area (Å²) in [6.45, 7) is 1.53. The molecule has 0 radical (unpaired) electrons. The van der Waals surface area contributed by atoms with E-state index in [1.165, 1.54) is 0 Å². The minimum absolute atomic E-state index is 0.0607. The van der Waals surface area contributed by atoms with Crippen LogP contribution in [0.5, 0.6) is 0 Å². The second-order valence-corrected chi connectivity index (χ2v) is 5.07. The highest BCUT2D eigenvalue weighted by atomic mass is 35.5. The topological polar surface area (TPSA) is 45.2 Å². The summed E-state index contributed by atoms with van der Waals surface area (Å²) >= 11 is 11.8. The van der Waals surface area contributed by atoms with Gasteiger partial charge in [0.1, 0.15) is 10.3 Å². The van der Waals surface area contributed by atoms with Crippen LogP contribution in [-0.4, -0.2) is 35.4 Å². The maximum absolute atomic E-state index is 11.7. The number of halogens is 2. The van der Waals surface area contributed by atoms with E-state index in [-0.39, 0.29) is 11.9 Å². The Labute approximate surface area is 116 Å². The molecule has 1 aliphatic heterocycles. The zero-order valence-electron chi connectivity index (χ0n) is 10.1. The van der Waals surface area contributed by atoms with E-state index in [2.05, 4.69) is 15.2 Å². The molecule has 1 fully saturated rings. The smallest absolute Gasteiger partial charge is 0.237 e. The summed E-state index contributed by atoms with van der Waals surface area (Å²) in [7, 11) is 1.66. The summed E-state index contributed by atoms with van der Waals surface area (Å²) in [5.74, 6) is 0.0607. The summed E-state index contributed by atoms with van der Waals surface area (Å²) in [5.41, 5.74) is 0.900. The molecule has 0 aliphatic carbocycles. The highest BCUT2D eigenvalue weighted by Crippen LogP contribution is 2.24. The third kappa shape index (κ3) is 2.94. The minimum atomic E-state index is -0.0678. The highest BCUT2D eigenvalue weighted by Gasteiger charge is 2.30. The van der Waals surface area contributed by atoms with Gasteiger partial charge in [-0.15, -0.1) is 0 Å². The quantitative estimate of drug-likeness (QED) is 0.866. The van der Waals surface area contributed by atoms with Gasteiger partial charge in [-0.25, -0.2) is 4.98 Å². The molecule has 0 aromatic carbocycles. The maximum Gasteiger partial charge on any atom is 0.237 e. The molecular formula is C12H15Cl2N3O. The Morgan fingerprint density at radius 3 is 3.00 bits per heavy atom. The summed E-state index contributed by atoms with van der Waals surface area (Å²) in [5, 5.41) is 3.49. The number of nitrogens with zero attached hydrogens (tertiary/aromatic N) is 2. The number of carbonyl (C=O) groups is 1. The van der Waals surface area contributed by atoms with Crippen molar-refractivity contribution in [3.8, 4) is 0 Å². The van der Waals surface area contributed by atoms with E-state index in [4.69, 9.17) is 23.2 Å². The van der Waals surface area contributed by atoms with Gasteiger partial charge in [0.05, 0.1) is 6.04 Å². The van der Waals surface area contributed by atoms with E-state index in [0.717, 1.165) is 24.9 Å². The molecule has 1 amide bonds. The number of likely N-dealkylation sites (tertiary alicyclic amines) is 1. The number of likely N-dealkylation sites (N-methyl/N-ethyl adjacent to an activating group) is 1. The Morgan fingerprint density at radius 1 is 1.56 bits per heavy atom. The molecule has 0 spiro atoms. The van der Waals surface area contributed by atoms with E-state index in [9.17, 15) is 4.79 Å². The van der Waals surface area contributed by atoms with Crippen molar-refractivity contribution in [1.29, 1.82) is 0 Å². The summed E-state index contributed by atoms with van der Waals surface area (Å²) in [4.78, 5) is 17.9. The van der Waals surface area contributed by atoms with E-state index < -0.39 is 0 Å². The maximum atomic E-state index is 11.7. The van der Waals surface area contributed by atoms with Crippen molar-refractivity contribution >= 4 is 29.1 Å². The van der Waals surface area contributed by atoms with Crippen LogP contribution in [0.3, 0.4) is 0 Å². The van der Waals surface area contributed by atoms with Gasteiger partial charge in [-0.2, -0.15) is 0 Å². The van der Waals surface area contributed by atoms with E-state index in [0.29, 0.717) is 16.9 Å². The van der Waals surface area contributed by atoms with Crippen molar-refractivity contribution < 1.29 is 4.79 Å². The van der Waals surface area contributed by atoms with Gasteiger partial charge in [-0.3, -0.25) is 9.69 Å². The van der Waals surface area contributed by atoms with Crippen molar-refractivity contribution in [2.24, 2.45) is 0 Å². The molecule has 1 aromatic heterocycles. The van der Waals surface area contributed by atoms with Gasteiger partial charge in [0.2, 0.25) is 5.91 Å². The van der Waals surface area contributed by atoms with Gasteiger partial charge >= 0.3 is 0 Å². The number of nitrogens with one attached hydrogen (secondary N) is 1. The van der Waals surface area contributed by atoms with Crippen molar-refractivity contribution in [2.75, 3.05) is 13.6 Å². The Morgan fingerprint density at radius 2 is 2.33 bits per heavy atom. The number of amides is 1. The Kier molecular flexibility index (Phi) is 4.43. The average Bonchev–Trinajstić information content (AvgIpc) is 2.80. The van der Waals surface area contributed by atoms with Gasteiger partial charge < -0.3 is 5.32 Å². The fourth-order valence-corrected chi connectivity index (χ4v) is 2.66. The van der Waals surface area contributed by atoms with Crippen LogP contribution in [0.2, 0.25) is 10.3 Å². The van der Waals surface area contributed by atoms with Gasteiger partial charge in [0.25, 0.3) is 0 Å².